The number of nitrogens with one attached hydrogen (secondary N) is 1. The molecule has 1 atom stereocenters. The first-order valence-electron chi connectivity index (χ1n) is 10.9. The van der Waals surface area contributed by atoms with Gasteiger partial charge in [-0.2, -0.15) is 0 Å². The summed E-state index contributed by atoms with van der Waals surface area (Å²) in [7, 11) is 1.31. The highest BCUT2D eigenvalue weighted by Gasteiger charge is 2.43. The number of dihydropyridines is 1. The fourth-order valence-corrected chi connectivity index (χ4v) is 4.64. The largest absolute Gasteiger partial charge is 0.488 e. The molecule has 3 aromatic rings. The summed E-state index contributed by atoms with van der Waals surface area (Å²) in [5, 5.41) is 3.26. The molecule has 5 nitrogen and oxygen atoms in total. The summed E-state index contributed by atoms with van der Waals surface area (Å²) in [4.78, 5) is 26.5. The zero-order valence-electron chi connectivity index (χ0n) is 18.7. The lowest BCUT2D eigenvalue weighted by Crippen LogP contribution is -2.29. The molecule has 0 radical (unpaired) electrons. The lowest BCUT2D eigenvalue weighted by Gasteiger charge is -2.30. The van der Waals surface area contributed by atoms with Crippen LogP contribution in [0.15, 0.2) is 89.6 Å². The fourth-order valence-electron chi connectivity index (χ4n) is 4.64. The first-order valence-corrected chi connectivity index (χ1v) is 10.9. The van der Waals surface area contributed by atoms with Crippen LogP contribution in [0.5, 0.6) is 5.75 Å². The quantitative estimate of drug-likeness (QED) is 0.540. The zero-order chi connectivity index (χ0) is 23.8. The number of hydrogen-bond donors (Lipinski definition) is 1. The second-order valence-corrected chi connectivity index (χ2v) is 8.17. The topological polar surface area (TPSA) is 64.6 Å². The first-order chi connectivity index (χ1) is 16.5. The second kappa shape index (κ2) is 8.63. The van der Waals surface area contributed by atoms with Gasteiger partial charge in [-0.25, -0.2) is 9.18 Å². The van der Waals surface area contributed by atoms with Crippen LogP contribution in [0.3, 0.4) is 0 Å². The Kier molecular flexibility index (Phi) is 5.49. The number of para-hydroxylation sites is 1. The molecule has 0 saturated heterocycles. The summed E-state index contributed by atoms with van der Waals surface area (Å²) < 4.78 is 25.3. The molecule has 0 amide bonds. The smallest absolute Gasteiger partial charge is 0.336 e. The minimum Gasteiger partial charge on any atom is -0.488 e. The Hall–Kier alpha value is -4.19. The van der Waals surface area contributed by atoms with Crippen LogP contribution in [-0.2, 0) is 16.1 Å². The van der Waals surface area contributed by atoms with Crippen molar-refractivity contribution in [2.45, 2.75) is 19.4 Å². The van der Waals surface area contributed by atoms with Crippen molar-refractivity contribution in [3.63, 3.8) is 0 Å². The second-order valence-electron chi connectivity index (χ2n) is 8.17. The third-order valence-electron chi connectivity index (χ3n) is 6.23. The summed E-state index contributed by atoms with van der Waals surface area (Å²) in [6.07, 6.45) is 0. The molecule has 1 aliphatic heterocycles. The van der Waals surface area contributed by atoms with Crippen molar-refractivity contribution in [2.24, 2.45) is 0 Å². The average Bonchev–Trinajstić information content (AvgIpc) is 3.14. The van der Waals surface area contributed by atoms with Gasteiger partial charge in [0.15, 0.2) is 5.78 Å². The molecular weight excluding hydrogens is 433 g/mol. The predicted octanol–water partition coefficient (Wildman–Crippen LogP) is 5.15. The van der Waals surface area contributed by atoms with E-state index in [0.29, 0.717) is 45.0 Å². The van der Waals surface area contributed by atoms with E-state index in [4.69, 9.17) is 9.47 Å². The van der Waals surface area contributed by atoms with Crippen LogP contribution < -0.4 is 10.1 Å². The number of methoxy groups -OCH3 is 1. The van der Waals surface area contributed by atoms with Crippen LogP contribution >= 0.6 is 0 Å². The van der Waals surface area contributed by atoms with Crippen molar-refractivity contribution in [2.75, 3.05) is 7.11 Å². The Morgan fingerprint density at radius 3 is 2.41 bits per heavy atom. The standard InChI is InChI=1S/C28H22FNO4/c1-16-23(28(32)33-2)24(25-26(30-16)18-10-4-5-11-19(18)27(25)31)20-12-6-8-14-22(20)34-15-17-9-3-7-13-21(17)29/h3-14,24,30H,15H2,1-2H3. The SMILES string of the molecule is COC(=O)C1=C(C)NC2=C(C(=O)c3ccccc32)C1c1ccccc1OCc1ccccc1F. The van der Waals surface area contributed by atoms with Crippen molar-refractivity contribution < 1.29 is 23.5 Å². The molecule has 5 rings (SSSR count). The normalized spacial score (nSPS) is 16.7. The number of hydrogen-bond acceptors (Lipinski definition) is 5. The molecule has 0 aromatic heterocycles. The fraction of sp³-hybridized carbons (Fsp3) is 0.143. The van der Waals surface area contributed by atoms with Gasteiger partial charge in [-0.05, 0) is 19.1 Å². The number of esters is 1. The third-order valence-corrected chi connectivity index (χ3v) is 6.23. The number of Topliss-reactive ketones (excluding diaryl/α,β-unsaturated/α-hetero) is 1. The van der Waals surface area contributed by atoms with E-state index in [0.717, 1.165) is 5.56 Å². The number of ether oxygens (including phenoxy) is 2. The van der Waals surface area contributed by atoms with Gasteiger partial charge in [-0.1, -0.05) is 60.7 Å². The molecule has 0 saturated carbocycles. The first kappa shape index (κ1) is 21.6. The van der Waals surface area contributed by atoms with E-state index in [9.17, 15) is 14.0 Å². The monoisotopic (exact) mass is 455 g/mol. The highest BCUT2D eigenvalue weighted by molar-refractivity contribution is 6.23. The van der Waals surface area contributed by atoms with Gasteiger partial charge in [0.05, 0.1) is 24.3 Å². The number of rotatable bonds is 5. The van der Waals surface area contributed by atoms with Gasteiger partial charge in [0.2, 0.25) is 0 Å². The van der Waals surface area contributed by atoms with E-state index in [1.54, 1.807) is 43.3 Å². The lowest BCUT2D eigenvalue weighted by atomic mass is 9.79. The molecule has 0 bridgehead atoms. The number of ketones is 1. The van der Waals surface area contributed by atoms with E-state index < -0.39 is 11.9 Å². The Bertz CT molecular complexity index is 1390. The van der Waals surface area contributed by atoms with Crippen molar-refractivity contribution in [1.82, 2.24) is 5.32 Å². The number of allylic oxidation sites excluding steroid dienone is 2. The van der Waals surface area contributed by atoms with Crippen LogP contribution in [0.1, 0.15) is 39.9 Å². The molecule has 2 aliphatic rings. The number of fused-ring (bicyclic) bond motifs is 2. The third kappa shape index (κ3) is 3.48. The summed E-state index contributed by atoms with van der Waals surface area (Å²) in [6, 6.07) is 21.0. The number of halogens is 1. The molecule has 1 unspecified atom stereocenters. The molecule has 3 aromatic carbocycles. The molecule has 1 aliphatic carbocycles. The van der Waals surface area contributed by atoms with Crippen LogP contribution in [0.4, 0.5) is 4.39 Å². The van der Waals surface area contributed by atoms with E-state index in [1.807, 2.05) is 30.3 Å². The molecular formula is C28H22FNO4. The maximum Gasteiger partial charge on any atom is 0.336 e. The predicted molar refractivity (Wildman–Crippen MR) is 125 cm³/mol. The Balaban J connectivity index is 1.63. The number of carbonyl (C=O) groups excluding carboxylic acids is 2. The highest BCUT2D eigenvalue weighted by atomic mass is 19.1. The van der Waals surface area contributed by atoms with E-state index in [2.05, 4.69) is 5.32 Å². The molecule has 34 heavy (non-hydrogen) atoms. The van der Waals surface area contributed by atoms with Crippen molar-refractivity contribution >= 4 is 17.4 Å². The van der Waals surface area contributed by atoms with E-state index in [-0.39, 0.29) is 18.2 Å². The van der Waals surface area contributed by atoms with Gasteiger partial charge in [0.1, 0.15) is 18.2 Å². The highest BCUT2D eigenvalue weighted by Crippen LogP contribution is 2.48. The van der Waals surface area contributed by atoms with Gasteiger partial charge in [-0.15, -0.1) is 0 Å². The van der Waals surface area contributed by atoms with Gasteiger partial charge in [0.25, 0.3) is 0 Å². The van der Waals surface area contributed by atoms with Crippen molar-refractivity contribution in [1.29, 1.82) is 0 Å². The Morgan fingerprint density at radius 1 is 0.971 bits per heavy atom. The Morgan fingerprint density at radius 2 is 1.65 bits per heavy atom. The molecule has 6 heteroatoms. The molecule has 1 N–H and O–H groups in total. The Labute approximate surface area is 196 Å². The van der Waals surface area contributed by atoms with Gasteiger partial charge in [-0.3, -0.25) is 4.79 Å². The summed E-state index contributed by atoms with van der Waals surface area (Å²) in [6.45, 7) is 1.79. The summed E-state index contributed by atoms with van der Waals surface area (Å²) in [5.41, 5.74) is 4.50. The maximum atomic E-state index is 14.2. The number of carbonyl (C=O) groups is 2. The van der Waals surface area contributed by atoms with Crippen molar-refractivity contribution in [3.8, 4) is 5.75 Å². The van der Waals surface area contributed by atoms with E-state index >= 15 is 0 Å². The van der Waals surface area contributed by atoms with Crippen LogP contribution in [0.25, 0.3) is 5.70 Å². The van der Waals surface area contributed by atoms with Crippen LogP contribution in [0.2, 0.25) is 0 Å². The lowest BCUT2D eigenvalue weighted by molar-refractivity contribution is -0.136. The summed E-state index contributed by atoms with van der Waals surface area (Å²) >= 11 is 0. The van der Waals surface area contributed by atoms with Gasteiger partial charge >= 0.3 is 5.97 Å². The number of benzene rings is 3. The maximum absolute atomic E-state index is 14.2. The average molecular weight is 455 g/mol. The van der Waals surface area contributed by atoms with Crippen molar-refractivity contribution in [3.05, 3.63) is 118 Å². The van der Waals surface area contributed by atoms with Gasteiger partial charge < -0.3 is 14.8 Å². The zero-order valence-corrected chi connectivity index (χ0v) is 18.7. The van der Waals surface area contributed by atoms with Crippen LogP contribution in [0, 0.1) is 5.82 Å². The van der Waals surface area contributed by atoms with Crippen LogP contribution in [-0.4, -0.2) is 18.9 Å². The minimum atomic E-state index is -0.708. The van der Waals surface area contributed by atoms with Gasteiger partial charge in [0, 0.05) is 33.5 Å². The molecule has 1 heterocycles. The summed E-state index contributed by atoms with van der Waals surface area (Å²) in [5.74, 6) is -1.29. The molecule has 170 valence electrons. The molecule has 0 spiro atoms. The van der Waals surface area contributed by atoms with E-state index in [1.165, 1.54) is 13.2 Å². The minimum absolute atomic E-state index is 0.00495. The molecule has 0 fully saturated rings.